The molecule has 6 nitrogen and oxygen atoms in total. The predicted molar refractivity (Wildman–Crippen MR) is 81.8 cm³/mol. The number of hydrogen-bond acceptors (Lipinski definition) is 3. The first-order valence-electron chi connectivity index (χ1n) is 7.25. The van der Waals surface area contributed by atoms with Gasteiger partial charge in [0.05, 0.1) is 17.7 Å². The van der Waals surface area contributed by atoms with Crippen LogP contribution in [-0.2, 0) is 9.59 Å². The van der Waals surface area contributed by atoms with Gasteiger partial charge in [-0.05, 0) is 25.0 Å². The second-order valence-corrected chi connectivity index (χ2v) is 5.56. The van der Waals surface area contributed by atoms with Gasteiger partial charge in [0.1, 0.15) is 0 Å². The predicted octanol–water partition coefficient (Wildman–Crippen LogP) is 1.61. The molecule has 22 heavy (non-hydrogen) atoms. The lowest BCUT2D eigenvalue weighted by Crippen LogP contribution is -2.33. The first kappa shape index (κ1) is 16.0. The maximum absolute atomic E-state index is 12.5. The lowest BCUT2D eigenvalue weighted by atomic mass is 10.1. The zero-order chi connectivity index (χ0) is 16.3. The van der Waals surface area contributed by atoms with Gasteiger partial charge in [-0.15, -0.1) is 0 Å². The normalized spacial score (nSPS) is 13.5. The fourth-order valence-corrected chi connectivity index (χ4v) is 2.24. The van der Waals surface area contributed by atoms with Crippen molar-refractivity contribution < 1.29 is 19.5 Å². The number of rotatable bonds is 6. The van der Waals surface area contributed by atoms with E-state index in [0.717, 1.165) is 12.8 Å². The largest absolute Gasteiger partial charge is 0.481 e. The molecule has 0 saturated heterocycles. The number of benzene rings is 1. The number of carbonyl (C=O) groups excluding carboxylic acids is 2. The van der Waals surface area contributed by atoms with Crippen molar-refractivity contribution in [2.75, 3.05) is 25.5 Å². The third-order valence-corrected chi connectivity index (χ3v) is 3.76. The molecule has 0 heterocycles. The van der Waals surface area contributed by atoms with Crippen LogP contribution in [0.4, 0.5) is 5.69 Å². The minimum absolute atomic E-state index is 0.0217. The second kappa shape index (κ2) is 6.60. The number of hydrogen-bond donors (Lipinski definition) is 1. The van der Waals surface area contributed by atoms with Crippen molar-refractivity contribution in [1.82, 2.24) is 4.90 Å². The Balaban J connectivity index is 2.18. The van der Waals surface area contributed by atoms with Crippen LogP contribution >= 0.6 is 0 Å². The molecular weight excluding hydrogens is 284 g/mol. The number of carboxylic acid groups (broad SMARTS) is 1. The van der Waals surface area contributed by atoms with Crippen LogP contribution in [0.5, 0.6) is 0 Å². The number of aliphatic carboxylic acids is 1. The molecule has 1 fully saturated rings. The third-order valence-electron chi connectivity index (χ3n) is 3.76. The van der Waals surface area contributed by atoms with Crippen molar-refractivity contribution >= 4 is 23.5 Å². The molecule has 1 aromatic carbocycles. The number of amides is 2. The highest BCUT2D eigenvalue weighted by Gasteiger charge is 2.33. The molecule has 0 aliphatic heterocycles. The Morgan fingerprint density at radius 3 is 2.41 bits per heavy atom. The van der Waals surface area contributed by atoms with Crippen LogP contribution in [0.3, 0.4) is 0 Å². The molecule has 1 aliphatic rings. The van der Waals surface area contributed by atoms with Gasteiger partial charge in [-0.2, -0.15) is 0 Å². The first-order chi connectivity index (χ1) is 10.4. The molecule has 0 unspecified atom stereocenters. The maximum atomic E-state index is 12.5. The molecule has 1 aromatic rings. The van der Waals surface area contributed by atoms with Crippen LogP contribution in [0.2, 0.25) is 0 Å². The molecular formula is C16H20N2O4. The molecule has 1 aliphatic carbocycles. The van der Waals surface area contributed by atoms with E-state index >= 15 is 0 Å². The Bertz CT molecular complexity index is 596. The van der Waals surface area contributed by atoms with Gasteiger partial charge in [-0.25, -0.2) is 0 Å². The van der Waals surface area contributed by atoms with Crippen LogP contribution < -0.4 is 4.90 Å². The molecule has 1 N–H and O–H groups in total. The Morgan fingerprint density at radius 2 is 1.82 bits per heavy atom. The standard InChI is InChI=1S/C16H20N2O4/c1-17(10-9-14(19)20)16(22)12-5-3-4-6-13(12)18(2)15(21)11-7-8-11/h3-6,11H,7-10H2,1-2H3,(H,19,20). The molecule has 0 aromatic heterocycles. The summed E-state index contributed by atoms with van der Waals surface area (Å²) in [5.41, 5.74) is 0.971. The van der Waals surface area contributed by atoms with Crippen LogP contribution in [0.15, 0.2) is 24.3 Å². The molecule has 0 bridgehead atoms. The SMILES string of the molecule is CN(CCC(=O)O)C(=O)c1ccccc1N(C)C(=O)C1CC1. The average molecular weight is 304 g/mol. The second-order valence-electron chi connectivity index (χ2n) is 5.56. The fraction of sp³-hybridized carbons (Fsp3) is 0.438. The minimum Gasteiger partial charge on any atom is -0.481 e. The number of carbonyl (C=O) groups is 3. The van der Waals surface area contributed by atoms with Crippen molar-refractivity contribution in [1.29, 1.82) is 0 Å². The zero-order valence-electron chi connectivity index (χ0n) is 12.8. The Kier molecular flexibility index (Phi) is 4.80. The molecule has 1 saturated carbocycles. The summed E-state index contributed by atoms with van der Waals surface area (Å²) in [7, 11) is 3.23. The van der Waals surface area contributed by atoms with Crippen LogP contribution in [0.1, 0.15) is 29.6 Å². The lowest BCUT2D eigenvalue weighted by Gasteiger charge is -2.23. The summed E-state index contributed by atoms with van der Waals surface area (Å²) in [6.07, 6.45) is 1.69. The number of anilines is 1. The van der Waals surface area contributed by atoms with E-state index < -0.39 is 5.97 Å². The molecule has 0 spiro atoms. The van der Waals surface area contributed by atoms with Crippen LogP contribution in [0, 0.1) is 5.92 Å². The summed E-state index contributed by atoms with van der Waals surface area (Å²) in [5, 5.41) is 8.71. The Hall–Kier alpha value is -2.37. The van der Waals surface area contributed by atoms with E-state index in [2.05, 4.69) is 0 Å². The van der Waals surface area contributed by atoms with Gasteiger partial charge in [0, 0.05) is 26.6 Å². The number of carboxylic acids is 1. The summed E-state index contributed by atoms with van der Waals surface area (Å²) in [5.74, 6) is -1.15. The summed E-state index contributed by atoms with van der Waals surface area (Å²) < 4.78 is 0. The van der Waals surface area contributed by atoms with Crippen molar-refractivity contribution in [2.45, 2.75) is 19.3 Å². The van der Waals surface area contributed by atoms with Crippen molar-refractivity contribution in [3.8, 4) is 0 Å². The van der Waals surface area contributed by atoms with Gasteiger partial charge in [0.2, 0.25) is 5.91 Å². The quantitative estimate of drug-likeness (QED) is 0.866. The maximum Gasteiger partial charge on any atom is 0.305 e. The smallest absolute Gasteiger partial charge is 0.305 e. The monoisotopic (exact) mass is 304 g/mol. The summed E-state index contributed by atoms with van der Waals surface area (Å²) in [6, 6.07) is 6.90. The van der Waals surface area contributed by atoms with Crippen molar-refractivity contribution in [2.24, 2.45) is 5.92 Å². The lowest BCUT2D eigenvalue weighted by molar-refractivity contribution is -0.137. The van der Waals surface area contributed by atoms with Crippen molar-refractivity contribution in [3.05, 3.63) is 29.8 Å². The Labute approximate surface area is 129 Å². The average Bonchev–Trinajstić information content (AvgIpc) is 3.35. The number of para-hydroxylation sites is 1. The molecule has 0 atom stereocenters. The molecule has 118 valence electrons. The Morgan fingerprint density at radius 1 is 1.18 bits per heavy atom. The minimum atomic E-state index is -0.950. The summed E-state index contributed by atoms with van der Waals surface area (Å²) >= 11 is 0. The summed E-state index contributed by atoms with van der Waals surface area (Å²) in [4.78, 5) is 38.2. The van der Waals surface area contributed by atoms with E-state index in [1.807, 2.05) is 0 Å². The van der Waals surface area contributed by atoms with E-state index in [4.69, 9.17) is 5.11 Å². The van der Waals surface area contributed by atoms with Gasteiger partial charge in [0.15, 0.2) is 0 Å². The number of nitrogens with zero attached hydrogens (tertiary/aromatic N) is 2. The zero-order valence-corrected chi connectivity index (χ0v) is 12.8. The topological polar surface area (TPSA) is 77.9 Å². The molecule has 2 amide bonds. The van der Waals surface area contributed by atoms with Crippen LogP contribution in [0.25, 0.3) is 0 Å². The van der Waals surface area contributed by atoms with Gasteiger partial charge < -0.3 is 14.9 Å². The highest BCUT2D eigenvalue weighted by molar-refractivity contribution is 6.05. The van der Waals surface area contributed by atoms with Crippen LogP contribution in [-0.4, -0.2) is 48.4 Å². The highest BCUT2D eigenvalue weighted by atomic mass is 16.4. The van der Waals surface area contributed by atoms with E-state index in [1.54, 1.807) is 38.4 Å². The molecule has 6 heteroatoms. The van der Waals surface area contributed by atoms with Gasteiger partial charge in [0.25, 0.3) is 5.91 Å². The van der Waals surface area contributed by atoms with E-state index in [9.17, 15) is 14.4 Å². The first-order valence-corrected chi connectivity index (χ1v) is 7.25. The van der Waals surface area contributed by atoms with Gasteiger partial charge in [-0.1, -0.05) is 12.1 Å². The fourth-order valence-electron chi connectivity index (χ4n) is 2.24. The van der Waals surface area contributed by atoms with E-state index in [1.165, 1.54) is 9.80 Å². The molecule has 0 radical (unpaired) electrons. The van der Waals surface area contributed by atoms with E-state index in [-0.39, 0.29) is 30.7 Å². The molecule has 2 rings (SSSR count). The van der Waals surface area contributed by atoms with Gasteiger partial charge >= 0.3 is 5.97 Å². The highest BCUT2D eigenvalue weighted by Crippen LogP contribution is 2.33. The third kappa shape index (κ3) is 3.63. The van der Waals surface area contributed by atoms with Crippen molar-refractivity contribution in [3.63, 3.8) is 0 Å². The summed E-state index contributed by atoms with van der Waals surface area (Å²) in [6.45, 7) is 0.128. The van der Waals surface area contributed by atoms with Gasteiger partial charge in [-0.3, -0.25) is 14.4 Å². The van der Waals surface area contributed by atoms with E-state index in [0.29, 0.717) is 11.3 Å².